The van der Waals surface area contributed by atoms with Gasteiger partial charge in [-0.2, -0.15) is 0 Å². The van der Waals surface area contributed by atoms with Gasteiger partial charge < -0.3 is 18.9 Å². The normalized spacial score (nSPS) is 16.6. The molecule has 0 N–H and O–H groups in total. The second-order valence-corrected chi connectivity index (χ2v) is 9.20. The number of fused-ring (bicyclic) bond motifs is 2. The molecule has 0 saturated carbocycles. The lowest BCUT2D eigenvalue weighted by molar-refractivity contribution is -0.143. The van der Waals surface area contributed by atoms with E-state index in [1.54, 1.807) is 45.9 Å². The maximum atomic E-state index is 13.0. The van der Waals surface area contributed by atoms with E-state index in [0.717, 1.165) is 15.6 Å². The molecule has 2 aliphatic rings. The molecule has 0 saturated heterocycles. The number of aryl methyl sites for hydroxylation is 1. The summed E-state index contributed by atoms with van der Waals surface area (Å²) in [7, 11) is 0. The molecule has 2 heterocycles. The van der Waals surface area contributed by atoms with Crippen LogP contribution in [0.1, 0.15) is 47.8 Å². The van der Waals surface area contributed by atoms with Gasteiger partial charge in [0.2, 0.25) is 5.78 Å². The molecule has 4 rings (SSSR count). The number of ether oxygens (including phenoxy) is 4. The Balaban J connectivity index is 1.68. The number of hydrogen-bond donors (Lipinski definition) is 0. The average Bonchev–Trinajstić information content (AvgIpc) is 2.96. The standard InChI is InChI=1S/C23H21BrO6/c1-12-5-16(29-22(26)23(2,3)4)9-17-19(12)20(25)18(30-17)8-13-6-15(24)7-14-10-27-11-28-21(13)14/h5-9H,10-11H2,1-4H3/b18-8-. The van der Waals surface area contributed by atoms with Crippen LogP contribution in [0.5, 0.6) is 17.2 Å². The van der Waals surface area contributed by atoms with Crippen LogP contribution in [0.3, 0.4) is 0 Å². The van der Waals surface area contributed by atoms with Crippen LogP contribution in [-0.4, -0.2) is 18.5 Å². The first-order valence-electron chi connectivity index (χ1n) is 9.47. The molecule has 30 heavy (non-hydrogen) atoms. The third-order valence-corrected chi connectivity index (χ3v) is 5.21. The van der Waals surface area contributed by atoms with E-state index in [4.69, 9.17) is 18.9 Å². The highest BCUT2D eigenvalue weighted by atomic mass is 79.9. The van der Waals surface area contributed by atoms with Gasteiger partial charge in [-0.05, 0) is 57.5 Å². The van der Waals surface area contributed by atoms with Crippen molar-refractivity contribution in [1.82, 2.24) is 0 Å². The van der Waals surface area contributed by atoms with E-state index >= 15 is 0 Å². The molecule has 156 valence electrons. The lowest BCUT2D eigenvalue weighted by atomic mass is 9.97. The van der Waals surface area contributed by atoms with Gasteiger partial charge in [0.25, 0.3) is 0 Å². The molecule has 0 radical (unpaired) electrons. The largest absolute Gasteiger partial charge is 0.467 e. The van der Waals surface area contributed by atoms with Gasteiger partial charge in [0.1, 0.15) is 17.2 Å². The van der Waals surface area contributed by atoms with Crippen molar-refractivity contribution in [2.24, 2.45) is 5.41 Å². The van der Waals surface area contributed by atoms with Crippen molar-refractivity contribution >= 4 is 33.8 Å². The van der Waals surface area contributed by atoms with Crippen LogP contribution in [-0.2, 0) is 16.1 Å². The summed E-state index contributed by atoms with van der Waals surface area (Å²) < 4.78 is 23.1. The number of carbonyl (C=O) groups is 2. The maximum absolute atomic E-state index is 13.0. The van der Waals surface area contributed by atoms with Crippen molar-refractivity contribution in [1.29, 1.82) is 0 Å². The third-order valence-electron chi connectivity index (χ3n) is 4.76. The summed E-state index contributed by atoms with van der Waals surface area (Å²) in [5.41, 5.74) is 2.11. The summed E-state index contributed by atoms with van der Waals surface area (Å²) in [6.45, 7) is 7.72. The molecule has 0 spiro atoms. The van der Waals surface area contributed by atoms with E-state index in [0.29, 0.717) is 35.0 Å². The fourth-order valence-corrected chi connectivity index (χ4v) is 3.78. The molecule has 2 aromatic carbocycles. The Morgan fingerprint density at radius 2 is 1.97 bits per heavy atom. The van der Waals surface area contributed by atoms with Crippen LogP contribution >= 0.6 is 15.9 Å². The molecule has 6 nitrogen and oxygen atoms in total. The molecule has 0 bridgehead atoms. The van der Waals surface area contributed by atoms with Crippen molar-refractivity contribution in [3.05, 3.63) is 56.8 Å². The number of ketones is 1. The van der Waals surface area contributed by atoms with Gasteiger partial charge in [-0.3, -0.25) is 9.59 Å². The van der Waals surface area contributed by atoms with Crippen LogP contribution < -0.4 is 14.2 Å². The quantitative estimate of drug-likeness (QED) is 0.340. The summed E-state index contributed by atoms with van der Waals surface area (Å²) >= 11 is 3.48. The smallest absolute Gasteiger partial charge is 0.316 e. The number of rotatable bonds is 2. The molecule has 0 aliphatic carbocycles. The molecule has 2 aromatic rings. The third kappa shape index (κ3) is 3.87. The minimum atomic E-state index is -0.641. The Morgan fingerprint density at radius 1 is 1.20 bits per heavy atom. The highest BCUT2D eigenvalue weighted by Crippen LogP contribution is 2.40. The van der Waals surface area contributed by atoms with E-state index in [2.05, 4.69) is 15.9 Å². The van der Waals surface area contributed by atoms with Crippen molar-refractivity contribution in [2.75, 3.05) is 6.79 Å². The first-order chi connectivity index (χ1) is 14.1. The number of benzene rings is 2. The number of carbonyl (C=O) groups excluding carboxylic acids is 2. The van der Waals surface area contributed by atoms with Gasteiger partial charge in [-0.25, -0.2) is 0 Å². The fourth-order valence-electron chi connectivity index (χ4n) is 3.25. The van der Waals surface area contributed by atoms with Gasteiger partial charge in [0.15, 0.2) is 12.6 Å². The molecule has 0 aromatic heterocycles. The molecule has 0 amide bonds. The van der Waals surface area contributed by atoms with Gasteiger partial charge in [-0.1, -0.05) is 15.9 Å². The monoisotopic (exact) mass is 472 g/mol. The maximum Gasteiger partial charge on any atom is 0.316 e. The minimum Gasteiger partial charge on any atom is -0.467 e. The molecular weight excluding hydrogens is 452 g/mol. The number of hydrogen-bond acceptors (Lipinski definition) is 6. The van der Waals surface area contributed by atoms with E-state index in [9.17, 15) is 9.59 Å². The Kier molecular flexibility index (Phi) is 5.20. The zero-order valence-electron chi connectivity index (χ0n) is 17.1. The highest BCUT2D eigenvalue weighted by Gasteiger charge is 2.32. The lowest BCUT2D eigenvalue weighted by Crippen LogP contribution is -2.25. The summed E-state index contributed by atoms with van der Waals surface area (Å²) in [6, 6.07) is 7.03. The predicted octanol–water partition coefficient (Wildman–Crippen LogP) is 5.19. The van der Waals surface area contributed by atoms with Gasteiger partial charge >= 0.3 is 5.97 Å². The summed E-state index contributed by atoms with van der Waals surface area (Å²) in [6.07, 6.45) is 1.66. The molecular formula is C23H21BrO6. The first kappa shape index (κ1) is 20.6. The Labute approximate surface area is 182 Å². The topological polar surface area (TPSA) is 71.1 Å². The summed E-state index contributed by atoms with van der Waals surface area (Å²) in [5.74, 6) is 0.985. The van der Waals surface area contributed by atoms with Gasteiger partial charge in [-0.15, -0.1) is 0 Å². The van der Waals surface area contributed by atoms with E-state index in [1.807, 2.05) is 12.1 Å². The summed E-state index contributed by atoms with van der Waals surface area (Å²) in [5, 5.41) is 0. The molecule has 7 heteroatoms. The second-order valence-electron chi connectivity index (χ2n) is 8.29. The molecule has 0 atom stereocenters. The van der Waals surface area contributed by atoms with Crippen LogP contribution in [0.2, 0.25) is 0 Å². The van der Waals surface area contributed by atoms with Crippen molar-refractivity contribution in [3.63, 3.8) is 0 Å². The van der Waals surface area contributed by atoms with Crippen LogP contribution in [0.4, 0.5) is 0 Å². The molecule has 2 aliphatic heterocycles. The predicted molar refractivity (Wildman–Crippen MR) is 114 cm³/mol. The summed E-state index contributed by atoms with van der Waals surface area (Å²) in [4.78, 5) is 25.2. The van der Waals surface area contributed by atoms with E-state index in [-0.39, 0.29) is 24.3 Å². The first-order valence-corrected chi connectivity index (χ1v) is 10.3. The number of Topliss-reactive ketones (excluding diaryl/α,β-unsaturated/α-hetero) is 1. The van der Waals surface area contributed by atoms with E-state index < -0.39 is 5.41 Å². The second kappa shape index (κ2) is 7.56. The van der Waals surface area contributed by atoms with Gasteiger partial charge in [0.05, 0.1) is 17.6 Å². The van der Waals surface area contributed by atoms with Gasteiger partial charge in [0, 0.05) is 21.7 Å². The Morgan fingerprint density at radius 3 is 2.70 bits per heavy atom. The zero-order valence-corrected chi connectivity index (χ0v) is 18.7. The zero-order chi connectivity index (χ0) is 21.6. The van der Waals surface area contributed by atoms with Crippen molar-refractivity contribution in [3.8, 4) is 17.2 Å². The van der Waals surface area contributed by atoms with Crippen LogP contribution in [0, 0.1) is 12.3 Å². The molecule has 0 fully saturated rings. The SMILES string of the molecule is Cc1cc(OC(=O)C(C)(C)C)cc2c1C(=O)/C(=C/c1cc(Br)cc3c1OCOC3)O2. The number of allylic oxidation sites excluding steroid dienone is 1. The van der Waals surface area contributed by atoms with Crippen LogP contribution in [0.25, 0.3) is 6.08 Å². The fraction of sp³-hybridized carbons (Fsp3) is 0.304. The molecule has 0 unspecified atom stereocenters. The average molecular weight is 473 g/mol. The number of esters is 1. The Bertz CT molecular complexity index is 1090. The minimum absolute atomic E-state index is 0.154. The lowest BCUT2D eigenvalue weighted by Gasteiger charge is -2.20. The number of halogens is 1. The highest BCUT2D eigenvalue weighted by molar-refractivity contribution is 9.10. The van der Waals surface area contributed by atoms with Crippen LogP contribution in [0.15, 0.2) is 34.5 Å². The Hall–Kier alpha value is -2.64. The van der Waals surface area contributed by atoms with Crippen molar-refractivity contribution < 1.29 is 28.5 Å². The van der Waals surface area contributed by atoms with Crippen molar-refractivity contribution in [2.45, 2.75) is 34.3 Å². The van der Waals surface area contributed by atoms with E-state index in [1.165, 1.54) is 0 Å².